The second-order valence-corrected chi connectivity index (χ2v) is 6.09. The Hall–Kier alpha value is -2.41. The molecular weight excluding hydrogens is 296 g/mol. The molecule has 0 radical (unpaired) electrons. The number of benzene rings is 1. The molecule has 3 rings (SSSR count). The summed E-state index contributed by atoms with van der Waals surface area (Å²) >= 11 is 0. The van der Waals surface area contributed by atoms with Gasteiger partial charge in [0.1, 0.15) is 0 Å². The number of aromatic nitrogens is 2. The van der Waals surface area contributed by atoms with Crippen molar-refractivity contribution < 1.29 is 4.79 Å². The second-order valence-electron chi connectivity index (χ2n) is 6.09. The van der Waals surface area contributed by atoms with E-state index in [9.17, 15) is 14.4 Å². The van der Waals surface area contributed by atoms with E-state index < -0.39 is 11.1 Å². The Kier molecular flexibility index (Phi) is 4.04. The van der Waals surface area contributed by atoms with Crippen molar-refractivity contribution in [1.29, 1.82) is 0 Å². The zero-order chi connectivity index (χ0) is 16.6. The van der Waals surface area contributed by atoms with Gasteiger partial charge in [-0.1, -0.05) is 6.92 Å². The average Bonchev–Trinajstić information content (AvgIpc) is 2.54. The molecule has 23 heavy (non-hydrogen) atoms. The molecule has 1 aromatic carbocycles. The van der Waals surface area contributed by atoms with Gasteiger partial charge in [-0.15, -0.1) is 0 Å². The van der Waals surface area contributed by atoms with Crippen molar-refractivity contribution in [2.75, 3.05) is 13.1 Å². The number of carbonyl (C=O) groups excluding carboxylic acids is 1. The quantitative estimate of drug-likeness (QED) is 0.697. The Bertz CT molecular complexity index is 854. The van der Waals surface area contributed by atoms with Crippen LogP contribution in [-0.2, 0) is 0 Å². The van der Waals surface area contributed by atoms with Crippen LogP contribution >= 0.6 is 0 Å². The van der Waals surface area contributed by atoms with Gasteiger partial charge in [-0.2, -0.15) is 0 Å². The highest BCUT2D eigenvalue weighted by molar-refractivity contribution is 5.97. The maximum absolute atomic E-state index is 12.8. The molecule has 1 aliphatic heterocycles. The van der Waals surface area contributed by atoms with Crippen LogP contribution in [0, 0.1) is 5.92 Å². The summed E-state index contributed by atoms with van der Waals surface area (Å²) in [4.78, 5) is 42.4. The molecule has 1 aromatic heterocycles. The molecule has 122 valence electrons. The molecule has 1 saturated heterocycles. The number of nitrogens with one attached hydrogen (secondary N) is 2. The number of nitrogens with zero attached hydrogens (tertiary/aromatic N) is 1. The van der Waals surface area contributed by atoms with Gasteiger partial charge in [0.25, 0.3) is 5.91 Å². The van der Waals surface area contributed by atoms with Gasteiger partial charge in [-0.05, 0) is 37.0 Å². The largest absolute Gasteiger partial charge is 0.334 e. The fraction of sp³-hybridized carbons (Fsp3) is 0.438. The Morgan fingerprint density at radius 1 is 1.26 bits per heavy atom. The zero-order valence-corrected chi connectivity index (χ0v) is 13.0. The SMILES string of the molecule is C[C@@H]1CCCN(C(=O)c2ccc3[nH]c(=O)c(=O)[nH]c3c2)[C@@H]1CN. The summed E-state index contributed by atoms with van der Waals surface area (Å²) in [6, 6.07) is 4.92. The summed E-state index contributed by atoms with van der Waals surface area (Å²) < 4.78 is 0. The highest BCUT2D eigenvalue weighted by atomic mass is 16.2. The molecule has 0 unspecified atom stereocenters. The van der Waals surface area contributed by atoms with Crippen molar-refractivity contribution in [1.82, 2.24) is 14.9 Å². The molecule has 2 heterocycles. The summed E-state index contributed by atoms with van der Waals surface area (Å²) in [5.74, 6) is 0.273. The number of fused-ring (bicyclic) bond motifs is 1. The number of carbonyl (C=O) groups is 1. The molecule has 0 aliphatic carbocycles. The number of nitrogens with two attached hydrogens (primary N) is 1. The summed E-state index contributed by atoms with van der Waals surface area (Å²) in [5, 5.41) is 0. The minimum Gasteiger partial charge on any atom is -0.334 e. The highest BCUT2D eigenvalue weighted by Gasteiger charge is 2.31. The van der Waals surface area contributed by atoms with Crippen LogP contribution in [0.1, 0.15) is 30.1 Å². The first-order valence-corrected chi connectivity index (χ1v) is 7.78. The monoisotopic (exact) mass is 316 g/mol. The number of rotatable bonds is 2. The molecule has 1 amide bonds. The number of piperidine rings is 1. The molecule has 0 bridgehead atoms. The van der Waals surface area contributed by atoms with Crippen LogP contribution < -0.4 is 16.9 Å². The summed E-state index contributed by atoms with van der Waals surface area (Å²) in [6.45, 7) is 3.23. The minimum atomic E-state index is -0.728. The van der Waals surface area contributed by atoms with Gasteiger partial charge >= 0.3 is 11.1 Å². The Morgan fingerprint density at radius 3 is 2.65 bits per heavy atom. The highest BCUT2D eigenvalue weighted by Crippen LogP contribution is 2.24. The van der Waals surface area contributed by atoms with Crippen LogP contribution in [0.2, 0.25) is 0 Å². The van der Waals surface area contributed by atoms with Crippen LogP contribution in [0.3, 0.4) is 0 Å². The molecule has 4 N–H and O–H groups in total. The van der Waals surface area contributed by atoms with E-state index in [2.05, 4.69) is 16.9 Å². The third-order valence-electron chi connectivity index (χ3n) is 4.59. The van der Waals surface area contributed by atoms with Gasteiger partial charge in [0.15, 0.2) is 0 Å². The van der Waals surface area contributed by atoms with Crippen molar-refractivity contribution in [3.8, 4) is 0 Å². The smallest absolute Gasteiger partial charge is 0.314 e. The van der Waals surface area contributed by atoms with E-state index in [4.69, 9.17) is 5.73 Å². The van der Waals surface area contributed by atoms with E-state index in [-0.39, 0.29) is 11.9 Å². The normalized spacial score (nSPS) is 21.6. The average molecular weight is 316 g/mol. The van der Waals surface area contributed by atoms with Gasteiger partial charge in [0.05, 0.1) is 11.0 Å². The number of amides is 1. The third kappa shape index (κ3) is 2.79. The number of hydrogen-bond acceptors (Lipinski definition) is 4. The van der Waals surface area contributed by atoms with Gasteiger partial charge < -0.3 is 20.6 Å². The Balaban J connectivity index is 1.98. The van der Waals surface area contributed by atoms with Gasteiger partial charge in [0.2, 0.25) is 0 Å². The molecule has 0 saturated carbocycles. The van der Waals surface area contributed by atoms with E-state index in [1.807, 2.05) is 4.90 Å². The third-order valence-corrected chi connectivity index (χ3v) is 4.59. The number of likely N-dealkylation sites (tertiary alicyclic amines) is 1. The van der Waals surface area contributed by atoms with Crippen LogP contribution in [0.5, 0.6) is 0 Å². The maximum atomic E-state index is 12.8. The van der Waals surface area contributed by atoms with Crippen molar-refractivity contribution in [2.45, 2.75) is 25.8 Å². The summed E-state index contributed by atoms with van der Waals surface area (Å²) in [7, 11) is 0. The molecule has 1 fully saturated rings. The fourth-order valence-electron chi connectivity index (χ4n) is 3.27. The number of aromatic amines is 2. The van der Waals surface area contributed by atoms with E-state index in [0.717, 1.165) is 12.8 Å². The van der Waals surface area contributed by atoms with E-state index >= 15 is 0 Å². The van der Waals surface area contributed by atoms with Gasteiger partial charge in [-0.25, -0.2) is 0 Å². The van der Waals surface area contributed by atoms with Crippen molar-refractivity contribution in [2.24, 2.45) is 11.7 Å². The topological polar surface area (TPSA) is 112 Å². The standard InChI is InChI=1S/C16H20N4O3/c1-9-3-2-6-20(13(9)8-17)16(23)10-4-5-11-12(7-10)19-15(22)14(21)18-11/h4-5,7,9,13H,2-3,6,8,17H2,1H3,(H,18,21)(H,19,22)/t9-,13-/m1/s1. The lowest BCUT2D eigenvalue weighted by Crippen LogP contribution is -2.51. The molecule has 0 spiro atoms. The molecule has 7 nitrogen and oxygen atoms in total. The van der Waals surface area contributed by atoms with Gasteiger partial charge in [0, 0.05) is 24.7 Å². The fourth-order valence-corrected chi connectivity index (χ4v) is 3.27. The van der Waals surface area contributed by atoms with Crippen molar-refractivity contribution in [3.05, 3.63) is 44.5 Å². The van der Waals surface area contributed by atoms with Crippen LogP contribution in [-0.4, -0.2) is 39.9 Å². The predicted octanol–water partition coefficient (Wildman–Crippen LogP) is 0.416. The predicted molar refractivity (Wildman–Crippen MR) is 87.5 cm³/mol. The van der Waals surface area contributed by atoms with Crippen LogP contribution in [0.4, 0.5) is 0 Å². The van der Waals surface area contributed by atoms with E-state index in [1.165, 1.54) is 0 Å². The molecule has 1 aliphatic rings. The van der Waals surface area contributed by atoms with Crippen molar-refractivity contribution in [3.63, 3.8) is 0 Å². The van der Waals surface area contributed by atoms with Gasteiger partial charge in [-0.3, -0.25) is 14.4 Å². The molecule has 7 heteroatoms. The van der Waals surface area contributed by atoms with E-state index in [1.54, 1.807) is 18.2 Å². The van der Waals surface area contributed by atoms with E-state index in [0.29, 0.717) is 35.6 Å². The van der Waals surface area contributed by atoms with Crippen LogP contribution in [0.15, 0.2) is 27.8 Å². The maximum Gasteiger partial charge on any atom is 0.314 e. The van der Waals surface area contributed by atoms with Crippen LogP contribution in [0.25, 0.3) is 11.0 Å². The first-order valence-electron chi connectivity index (χ1n) is 7.78. The lowest BCUT2D eigenvalue weighted by molar-refractivity contribution is 0.0532. The Morgan fingerprint density at radius 2 is 1.96 bits per heavy atom. The Labute approximate surface area is 132 Å². The lowest BCUT2D eigenvalue weighted by atomic mass is 9.90. The minimum absolute atomic E-state index is 0.0292. The molecule has 2 atom stereocenters. The lowest BCUT2D eigenvalue weighted by Gasteiger charge is -2.39. The zero-order valence-electron chi connectivity index (χ0n) is 13.0. The summed E-state index contributed by atoms with van der Waals surface area (Å²) in [6.07, 6.45) is 2.03. The van der Waals surface area contributed by atoms with Crippen molar-refractivity contribution >= 4 is 16.9 Å². The number of H-pyrrole nitrogens is 2. The second kappa shape index (κ2) is 6.00. The number of hydrogen-bond donors (Lipinski definition) is 3. The molecule has 2 aromatic rings. The first kappa shape index (κ1) is 15.5. The summed E-state index contributed by atoms with van der Waals surface area (Å²) in [5.41, 5.74) is 5.83. The first-order chi connectivity index (χ1) is 11.0. The molecular formula is C16H20N4O3.